The van der Waals surface area contributed by atoms with E-state index in [-0.39, 0.29) is 5.54 Å². The van der Waals surface area contributed by atoms with Crippen molar-refractivity contribution >= 4 is 11.3 Å². The second-order valence-electron chi connectivity index (χ2n) is 4.78. The van der Waals surface area contributed by atoms with Crippen molar-refractivity contribution in [3.05, 3.63) is 16.6 Å². The van der Waals surface area contributed by atoms with Crippen molar-refractivity contribution in [2.24, 2.45) is 5.73 Å². The summed E-state index contributed by atoms with van der Waals surface area (Å²) in [6.07, 6.45) is 9.33. The molecule has 2 rings (SSSR count). The molecular weight excluding hydrogens is 218 g/mol. The second-order valence-corrected chi connectivity index (χ2v) is 5.75. The Balaban J connectivity index is 1.63. The second kappa shape index (κ2) is 5.75. The normalized spacial score (nSPS) is 19.8. The smallest absolute Gasteiger partial charge is 0.106 e. The van der Waals surface area contributed by atoms with Crippen molar-refractivity contribution in [2.45, 2.75) is 50.6 Å². The molecule has 90 valence electrons. The zero-order chi connectivity index (χ0) is 11.3. The number of nitrogens with one attached hydrogen (secondary N) is 1. The molecule has 0 amide bonds. The SMILES string of the molecule is NC1(CCNCc2nccs2)CCCCC1. The fraction of sp³-hybridized carbons (Fsp3) is 0.750. The van der Waals surface area contributed by atoms with Crippen LogP contribution in [-0.4, -0.2) is 17.1 Å². The number of nitrogens with zero attached hydrogens (tertiary/aromatic N) is 1. The Labute approximate surface area is 101 Å². The van der Waals surface area contributed by atoms with Crippen LogP contribution in [-0.2, 0) is 6.54 Å². The van der Waals surface area contributed by atoms with Crippen LogP contribution in [0.3, 0.4) is 0 Å². The Morgan fingerprint density at radius 3 is 2.88 bits per heavy atom. The predicted octanol–water partition coefficient (Wildman–Crippen LogP) is 2.28. The van der Waals surface area contributed by atoms with Crippen molar-refractivity contribution in [2.75, 3.05) is 6.54 Å². The van der Waals surface area contributed by atoms with Crippen LogP contribution in [0.2, 0.25) is 0 Å². The summed E-state index contributed by atoms with van der Waals surface area (Å²) in [7, 11) is 0. The number of thiazole rings is 1. The van der Waals surface area contributed by atoms with Gasteiger partial charge in [-0.1, -0.05) is 19.3 Å². The van der Waals surface area contributed by atoms with E-state index in [1.54, 1.807) is 11.3 Å². The molecule has 16 heavy (non-hydrogen) atoms. The number of hydrogen-bond donors (Lipinski definition) is 2. The third-order valence-electron chi connectivity index (χ3n) is 3.41. The summed E-state index contributed by atoms with van der Waals surface area (Å²) in [6.45, 7) is 1.89. The minimum absolute atomic E-state index is 0.105. The van der Waals surface area contributed by atoms with Gasteiger partial charge in [-0.3, -0.25) is 0 Å². The molecule has 1 saturated carbocycles. The minimum Gasteiger partial charge on any atom is -0.325 e. The molecule has 0 spiro atoms. The zero-order valence-electron chi connectivity index (χ0n) is 9.74. The van der Waals surface area contributed by atoms with E-state index < -0.39 is 0 Å². The summed E-state index contributed by atoms with van der Waals surface area (Å²) in [5.74, 6) is 0. The van der Waals surface area contributed by atoms with Crippen molar-refractivity contribution in [1.82, 2.24) is 10.3 Å². The van der Waals surface area contributed by atoms with E-state index >= 15 is 0 Å². The van der Waals surface area contributed by atoms with Gasteiger partial charge in [0.25, 0.3) is 0 Å². The number of hydrogen-bond acceptors (Lipinski definition) is 4. The van der Waals surface area contributed by atoms with Gasteiger partial charge < -0.3 is 11.1 Å². The van der Waals surface area contributed by atoms with Crippen LogP contribution in [0.1, 0.15) is 43.5 Å². The molecule has 1 aromatic rings. The Morgan fingerprint density at radius 1 is 1.38 bits per heavy atom. The molecule has 1 aromatic heterocycles. The highest BCUT2D eigenvalue weighted by Crippen LogP contribution is 2.28. The molecule has 0 saturated heterocycles. The van der Waals surface area contributed by atoms with Crippen molar-refractivity contribution in [3.63, 3.8) is 0 Å². The Morgan fingerprint density at radius 2 is 2.19 bits per heavy atom. The monoisotopic (exact) mass is 239 g/mol. The van der Waals surface area contributed by atoms with Crippen LogP contribution in [0.15, 0.2) is 11.6 Å². The lowest BCUT2D eigenvalue weighted by atomic mass is 9.80. The maximum atomic E-state index is 6.37. The Bertz CT molecular complexity index is 291. The summed E-state index contributed by atoms with van der Waals surface area (Å²) >= 11 is 1.70. The van der Waals surface area contributed by atoms with Crippen molar-refractivity contribution < 1.29 is 0 Å². The summed E-state index contributed by atoms with van der Waals surface area (Å²) in [4.78, 5) is 4.24. The zero-order valence-corrected chi connectivity index (χ0v) is 10.6. The fourth-order valence-electron chi connectivity index (χ4n) is 2.38. The molecule has 0 aliphatic heterocycles. The van der Waals surface area contributed by atoms with Crippen LogP contribution in [0.4, 0.5) is 0 Å². The average Bonchev–Trinajstić information content (AvgIpc) is 2.78. The van der Waals surface area contributed by atoms with E-state index in [0.717, 1.165) is 24.5 Å². The van der Waals surface area contributed by atoms with Gasteiger partial charge in [-0.2, -0.15) is 0 Å². The maximum Gasteiger partial charge on any atom is 0.106 e. The number of nitrogens with two attached hydrogens (primary N) is 1. The highest BCUT2D eigenvalue weighted by atomic mass is 32.1. The van der Waals surface area contributed by atoms with Crippen LogP contribution in [0.5, 0.6) is 0 Å². The molecule has 3 N–H and O–H groups in total. The van der Waals surface area contributed by atoms with Gasteiger partial charge in [-0.25, -0.2) is 4.98 Å². The molecule has 3 nitrogen and oxygen atoms in total. The molecule has 0 bridgehead atoms. The topological polar surface area (TPSA) is 50.9 Å². The van der Waals surface area contributed by atoms with Gasteiger partial charge in [0.2, 0.25) is 0 Å². The van der Waals surface area contributed by atoms with Gasteiger partial charge in [0, 0.05) is 23.7 Å². The first-order valence-electron chi connectivity index (χ1n) is 6.16. The van der Waals surface area contributed by atoms with Gasteiger partial charge in [-0.05, 0) is 25.8 Å². The Hall–Kier alpha value is -0.450. The van der Waals surface area contributed by atoms with Gasteiger partial charge >= 0.3 is 0 Å². The lowest BCUT2D eigenvalue weighted by Gasteiger charge is -2.33. The largest absolute Gasteiger partial charge is 0.325 e. The summed E-state index contributed by atoms with van der Waals surface area (Å²) in [5, 5.41) is 6.61. The van der Waals surface area contributed by atoms with Crippen LogP contribution >= 0.6 is 11.3 Å². The van der Waals surface area contributed by atoms with E-state index in [0.29, 0.717) is 0 Å². The quantitative estimate of drug-likeness (QED) is 0.775. The molecule has 4 heteroatoms. The first-order valence-corrected chi connectivity index (χ1v) is 7.04. The molecule has 0 unspecified atom stereocenters. The third-order valence-corrected chi connectivity index (χ3v) is 4.19. The molecule has 1 aliphatic carbocycles. The van der Waals surface area contributed by atoms with Crippen LogP contribution < -0.4 is 11.1 Å². The molecular formula is C12H21N3S. The van der Waals surface area contributed by atoms with E-state index in [2.05, 4.69) is 10.3 Å². The van der Waals surface area contributed by atoms with Crippen molar-refractivity contribution in [1.29, 1.82) is 0 Å². The summed E-state index contributed by atoms with van der Waals surface area (Å²) in [5.41, 5.74) is 6.47. The lowest BCUT2D eigenvalue weighted by molar-refractivity contribution is 0.274. The Kier molecular flexibility index (Phi) is 4.32. The third kappa shape index (κ3) is 3.54. The standard InChI is InChI=1S/C12H21N3S/c13-12(4-2-1-3-5-12)6-7-14-10-11-15-8-9-16-11/h8-9,14H,1-7,10,13H2. The maximum absolute atomic E-state index is 6.37. The number of rotatable bonds is 5. The van der Waals surface area contributed by atoms with Crippen molar-refractivity contribution in [3.8, 4) is 0 Å². The predicted molar refractivity (Wildman–Crippen MR) is 68.4 cm³/mol. The van der Waals surface area contributed by atoms with Gasteiger partial charge in [0.15, 0.2) is 0 Å². The molecule has 0 aromatic carbocycles. The van der Waals surface area contributed by atoms with Gasteiger partial charge in [0.1, 0.15) is 5.01 Å². The van der Waals surface area contributed by atoms with Crippen LogP contribution in [0, 0.1) is 0 Å². The fourth-order valence-corrected chi connectivity index (χ4v) is 2.96. The first-order chi connectivity index (χ1) is 7.79. The molecule has 0 atom stereocenters. The van der Waals surface area contributed by atoms with E-state index in [1.165, 1.54) is 32.1 Å². The molecule has 1 fully saturated rings. The highest BCUT2D eigenvalue weighted by molar-refractivity contribution is 7.09. The van der Waals surface area contributed by atoms with E-state index in [4.69, 9.17) is 5.73 Å². The summed E-state index contributed by atoms with van der Waals surface area (Å²) in [6, 6.07) is 0. The van der Waals surface area contributed by atoms with Crippen LogP contribution in [0.25, 0.3) is 0 Å². The first kappa shape index (κ1) is 12.0. The van der Waals surface area contributed by atoms with Gasteiger partial charge in [-0.15, -0.1) is 11.3 Å². The molecule has 1 heterocycles. The lowest BCUT2D eigenvalue weighted by Crippen LogP contribution is -2.43. The van der Waals surface area contributed by atoms with Gasteiger partial charge in [0.05, 0.1) is 0 Å². The molecule has 0 radical (unpaired) electrons. The van der Waals surface area contributed by atoms with E-state index in [9.17, 15) is 0 Å². The molecule has 1 aliphatic rings. The van der Waals surface area contributed by atoms with E-state index in [1.807, 2.05) is 11.6 Å². The highest BCUT2D eigenvalue weighted by Gasteiger charge is 2.26. The number of aromatic nitrogens is 1. The summed E-state index contributed by atoms with van der Waals surface area (Å²) < 4.78 is 0. The average molecular weight is 239 g/mol. The minimum atomic E-state index is 0.105.